The van der Waals surface area contributed by atoms with E-state index >= 15 is 0 Å². The zero-order valence-corrected chi connectivity index (χ0v) is 23.2. The van der Waals surface area contributed by atoms with Gasteiger partial charge in [0.2, 0.25) is 0 Å². The smallest absolute Gasteiger partial charge is 0.331 e. The third-order valence-electron chi connectivity index (χ3n) is 12.2. The summed E-state index contributed by atoms with van der Waals surface area (Å²) in [4.78, 5) is 11.8. The molecule has 0 aromatic carbocycles. The van der Waals surface area contributed by atoms with Gasteiger partial charge in [-0.3, -0.25) is 0 Å². The SMILES string of the molecule is C[C@]12CC[C@H](O[C@@H]3O[C@H](CO)[C@@H](O)[C@@H](O)[C@H]3O)C[C@@]1(O)CC[C@@H]1[C@@H]2[C@H](O)C[C@]2(C)[C@@H](C3=CC(=O)OC3)CC[C@]12O. The fraction of sp³-hybridized carbons (Fsp3) is 0.897. The Morgan fingerprint density at radius 1 is 0.950 bits per heavy atom. The Balaban J connectivity index is 1.22. The van der Waals surface area contributed by atoms with Crippen molar-refractivity contribution in [3.05, 3.63) is 11.6 Å². The molecule has 0 aromatic heterocycles. The molecule has 6 rings (SSSR count). The first-order chi connectivity index (χ1) is 18.8. The van der Waals surface area contributed by atoms with E-state index in [2.05, 4.69) is 0 Å². The zero-order valence-electron chi connectivity index (χ0n) is 23.2. The molecule has 0 amide bonds. The first kappa shape index (κ1) is 28.9. The van der Waals surface area contributed by atoms with E-state index in [0.29, 0.717) is 44.9 Å². The fourth-order valence-electron chi connectivity index (χ4n) is 9.95. The second-order valence-corrected chi connectivity index (χ2v) is 13.8. The summed E-state index contributed by atoms with van der Waals surface area (Å²) >= 11 is 0. The van der Waals surface area contributed by atoms with Crippen molar-refractivity contribution >= 4 is 5.97 Å². The van der Waals surface area contributed by atoms with E-state index in [1.807, 2.05) is 13.8 Å². The van der Waals surface area contributed by atoms with E-state index < -0.39 is 71.6 Å². The third-order valence-corrected chi connectivity index (χ3v) is 12.2. The van der Waals surface area contributed by atoms with Gasteiger partial charge in [-0.25, -0.2) is 4.79 Å². The van der Waals surface area contributed by atoms with E-state index in [-0.39, 0.29) is 36.8 Å². The summed E-state index contributed by atoms with van der Waals surface area (Å²) < 4.78 is 16.7. The highest BCUT2D eigenvalue weighted by molar-refractivity contribution is 5.85. The largest absolute Gasteiger partial charge is 0.458 e. The molecular formula is C29H44O11. The van der Waals surface area contributed by atoms with Crippen LogP contribution in [0.4, 0.5) is 0 Å². The average molecular weight is 569 g/mol. The molecule has 11 nitrogen and oxygen atoms in total. The van der Waals surface area contributed by atoms with Crippen LogP contribution in [-0.2, 0) is 19.0 Å². The topological polar surface area (TPSA) is 186 Å². The number of esters is 1. The average Bonchev–Trinajstić information content (AvgIpc) is 3.44. The minimum Gasteiger partial charge on any atom is -0.458 e. The summed E-state index contributed by atoms with van der Waals surface area (Å²) in [5.74, 6) is -0.984. The number of ether oxygens (including phenoxy) is 3. The van der Waals surface area contributed by atoms with Crippen LogP contribution in [0.15, 0.2) is 11.6 Å². The van der Waals surface area contributed by atoms with Crippen molar-refractivity contribution in [3.8, 4) is 0 Å². The van der Waals surface area contributed by atoms with Crippen LogP contribution in [0, 0.1) is 28.6 Å². The second kappa shape index (κ2) is 9.68. The van der Waals surface area contributed by atoms with Crippen molar-refractivity contribution in [2.75, 3.05) is 13.2 Å². The summed E-state index contributed by atoms with van der Waals surface area (Å²) in [5.41, 5.74) is -2.70. The fourth-order valence-corrected chi connectivity index (χ4v) is 9.95. The molecule has 2 heterocycles. The van der Waals surface area contributed by atoms with Gasteiger partial charge in [-0.05, 0) is 68.3 Å². The molecule has 6 aliphatic rings. The Labute approximate surface area is 233 Å². The molecule has 14 atom stereocenters. The molecule has 4 aliphatic carbocycles. The summed E-state index contributed by atoms with van der Waals surface area (Å²) in [6.07, 6.45) is -2.86. The van der Waals surface area contributed by atoms with Gasteiger partial charge < -0.3 is 50.0 Å². The number of hydrogen-bond acceptors (Lipinski definition) is 11. The molecular weight excluding hydrogens is 524 g/mol. The predicted molar refractivity (Wildman–Crippen MR) is 137 cm³/mol. The number of aliphatic hydroxyl groups excluding tert-OH is 5. The van der Waals surface area contributed by atoms with Crippen LogP contribution in [0.3, 0.4) is 0 Å². The van der Waals surface area contributed by atoms with Gasteiger partial charge >= 0.3 is 5.97 Å². The highest BCUT2D eigenvalue weighted by Gasteiger charge is 2.72. The van der Waals surface area contributed by atoms with Crippen LogP contribution >= 0.6 is 0 Å². The summed E-state index contributed by atoms with van der Waals surface area (Å²) in [5, 5.41) is 76.4. The van der Waals surface area contributed by atoms with Crippen LogP contribution < -0.4 is 0 Å². The van der Waals surface area contributed by atoms with E-state index in [1.165, 1.54) is 6.08 Å². The summed E-state index contributed by atoms with van der Waals surface area (Å²) in [6.45, 7) is 3.71. The lowest BCUT2D eigenvalue weighted by atomic mass is 9.41. The Morgan fingerprint density at radius 2 is 1.70 bits per heavy atom. The Morgan fingerprint density at radius 3 is 2.38 bits per heavy atom. The van der Waals surface area contributed by atoms with E-state index in [1.54, 1.807) is 0 Å². The predicted octanol–water partition coefficient (Wildman–Crippen LogP) is -0.486. The quantitative estimate of drug-likeness (QED) is 0.171. The molecule has 5 fully saturated rings. The number of aliphatic hydroxyl groups is 7. The van der Waals surface area contributed by atoms with Gasteiger partial charge in [0.25, 0.3) is 0 Å². The van der Waals surface area contributed by atoms with Gasteiger partial charge in [0.05, 0.1) is 30.0 Å². The van der Waals surface area contributed by atoms with Crippen LogP contribution in [-0.4, -0.2) is 109 Å². The molecule has 0 aromatic rings. The highest BCUT2D eigenvalue weighted by Crippen LogP contribution is 2.70. The van der Waals surface area contributed by atoms with Crippen LogP contribution in [0.5, 0.6) is 0 Å². The van der Waals surface area contributed by atoms with Gasteiger partial charge in [-0.2, -0.15) is 0 Å². The van der Waals surface area contributed by atoms with Crippen molar-refractivity contribution < 1.29 is 54.8 Å². The summed E-state index contributed by atoms with van der Waals surface area (Å²) in [6, 6.07) is 0. The maximum Gasteiger partial charge on any atom is 0.331 e. The first-order valence-electron chi connectivity index (χ1n) is 14.7. The second-order valence-electron chi connectivity index (χ2n) is 13.8. The van der Waals surface area contributed by atoms with Gasteiger partial charge in [0.15, 0.2) is 6.29 Å². The van der Waals surface area contributed by atoms with Gasteiger partial charge in [-0.1, -0.05) is 13.8 Å². The lowest BCUT2D eigenvalue weighted by molar-refractivity contribution is -0.327. The zero-order chi connectivity index (χ0) is 28.8. The number of fused-ring (bicyclic) bond motifs is 5. The highest BCUT2D eigenvalue weighted by atomic mass is 16.7. The Bertz CT molecular complexity index is 1050. The van der Waals surface area contributed by atoms with Crippen molar-refractivity contribution in [3.63, 3.8) is 0 Å². The molecule has 0 spiro atoms. The molecule has 2 aliphatic heterocycles. The third kappa shape index (κ3) is 3.92. The van der Waals surface area contributed by atoms with Gasteiger partial charge in [0, 0.05) is 23.3 Å². The van der Waals surface area contributed by atoms with E-state index in [0.717, 1.165) is 5.57 Å². The molecule has 1 saturated heterocycles. The minimum atomic E-state index is -1.55. The number of cyclic esters (lactones) is 1. The van der Waals surface area contributed by atoms with Crippen LogP contribution in [0.2, 0.25) is 0 Å². The van der Waals surface area contributed by atoms with Crippen molar-refractivity contribution in [1.82, 2.24) is 0 Å². The minimum absolute atomic E-state index is 0.0594. The molecule has 11 heteroatoms. The van der Waals surface area contributed by atoms with Crippen molar-refractivity contribution in [2.24, 2.45) is 28.6 Å². The lowest BCUT2D eigenvalue weighted by Crippen LogP contribution is -2.71. The maximum atomic E-state index is 12.4. The standard InChI is InChI=1S/C29H44O11/c1-26-6-3-15(39-25-24(35)23(34)22(33)19(12-30)40-25)10-28(26,36)7-4-17-21(26)18(31)11-27(2)16(5-8-29(17,27)37)14-9-20(32)38-13-14/h9,15-19,21-25,30-31,33-37H,3-8,10-13H2,1-2H3/t15-,16+,17+,18+,19+,21+,22+,23+,24+,25+,26+,27+,28-,29-/m0/s1. The van der Waals surface area contributed by atoms with Gasteiger partial charge in [0.1, 0.15) is 31.0 Å². The molecule has 226 valence electrons. The summed E-state index contributed by atoms with van der Waals surface area (Å²) in [7, 11) is 0. The van der Waals surface area contributed by atoms with E-state index in [4.69, 9.17) is 14.2 Å². The van der Waals surface area contributed by atoms with Crippen LogP contribution in [0.1, 0.15) is 65.2 Å². The maximum absolute atomic E-state index is 12.4. The molecule has 0 unspecified atom stereocenters. The first-order valence-corrected chi connectivity index (χ1v) is 14.7. The van der Waals surface area contributed by atoms with Crippen molar-refractivity contribution in [2.45, 2.75) is 119 Å². The lowest BCUT2D eigenvalue weighted by Gasteiger charge is -2.67. The molecule has 0 bridgehead atoms. The number of rotatable bonds is 4. The molecule has 4 saturated carbocycles. The Hall–Kier alpha value is -1.15. The monoisotopic (exact) mass is 568 g/mol. The Kier molecular flexibility index (Phi) is 7.01. The molecule has 0 radical (unpaired) electrons. The molecule has 40 heavy (non-hydrogen) atoms. The molecule has 7 N–H and O–H groups in total. The normalized spacial score (nSPS) is 56.1. The number of carbonyl (C=O) groups excluding carboxylic acids is 1. The van der Waals surface area contributed by atoms with Crippen LogP contribution in [0.25, 0.3) is 0 Å². The van der Waals surface area contributed by atoms with Gasteiger partial charge in [-0.15, -0.1) is 0 Å². The van der Waals surface area contributed by atoms with E-state index in [9.17, 15) is 40.5 Å². The number of carbonyl (C=O) groups is 1. The van der Waals surface area contributed by atoms with Crippen molar-refractivity contribution in [1.29, 1.82) is 0 Å². The number of hydrogen-bond donors (Lipinski definition) is 7.